The Labute approximate surface area is 109 Å². The lowest BCUT2D eigenvalue weighted by Crippen LogP contribution is -1.99. The van der Waals surface area contributed by atoms with E-state index >= 15 is 0 Å². The van der Waals surface area contributed by atoms with Gasteiger partial charge in [0, 0.05) is 22.2 Å². The normalized spacial score (nSPS) is 10.4. The van der Waals surface area contributed by atoms with Crippen molar-refractivity contribution in [2.45, 2.75) is 12.8 Å². The topological polar surface area (TPSA) is 37.3 Å². The fourth-order valence-corrected chi connectivity index (χ4v) is 2.23. The highest BCUT2D eigenvalue weighted by Crippen LogP contribution is 2.13. The number of halogens is 1. The summed E-state index contributed by atoms with van der Waals surface area (Å²) in [6.07, 6.45) is 1.46. The van der Waals surface area contributed by atoms with E-state index in [0.29, 0.717) is 6.42 Å². The molecule has 0 aliphatic rings. The lowest BCUT2D eigenvalue weighted by Gasteiger charge is -2.01. The van der Waals surface area contributed by atoms with E-state index in [9.17, 15) is 4.79 Å². The number of carbonyl (C=O) groups excluding carboxylic acids is 1. The number of rotatable bonds is 7. The summed E-state index contributed by atoms with van der Waals surface area (Å²) < 4.78 is 0.988. The molecule has 0 atom stereocenters. The van der Waals surface area contributed by atoms with Crippen LogP contribution in [0.25, 0.3) is 0 Å². The molecular weight excluding hydrogens is 288 g/mol. The zero-order chi connectivity index (χ0) is 11.8. The van der Waals surface area contributed by atoms with Crippen LogP contribution in [-0.2, 0) is 0 Å². The van der Waals surface area contributed by atoms with E-state index in [4.69, 9.17) is 5.11 Å². The molecule has 0 unspecified atom stereocenters. The van der Waals surface area contributed by atoms with Gasteiger partial charge in [0.25, 0.3) is 0 Å². The second kappa shape index (κ2) is 7.87. The second-order valence-corrected chi connectivity index (χ2v) is 5.51. The average Bonchev–Trinajstić information content (AvgIpc) is 2.29. The molecule has 0 aliphatic carbocycles. The number of benzene rings is 1. The van der Waals surface area contributed by atoms with Crippen molar-refractivity contribution in [2.75, 3.05) is 18.1 Å². The van der Waals surface area contributed by atoms with E-state index in [-0.39, 0.29) is 12.4 Å². The summed E-state index contributed by atoms with van der Waals surface area (Å²) in [7, 11) is 0. The highest BCUT2D eigenvalue weighted by Gasteiger charge is 2.04. The van der Waals surface area contributed by atoms with E-state index < -0.39 is 0 Å². The van der Waals surface area contributed by atoms with Gasteiger partial charge in [-0.1, -0.05) is 28.1 Å². The monoisotopic (exact) mass is 302 g/mol. The summed E-state index contributed by atoms with van der Waals surface area (Å²) in [5.74, 6) is 1.88. The first kappa shape index (κ1) is 13.7. The molecule has 0 radical (unpaired) electrons. The van der Waals surface area contributed by atoms with Crippen LogP contribution in [0.2, 0.25) is 0 Å². The van der Waals surface area contributed by atoms with Gasteiger partial charge in [-0.3, -0.25) is 4.79 Å². The van der Waals surface area contributed by atoms with E-state index in [2.05, 4.69) is 15.9 Å². The standard InChI is InChI=1S/C12H15BrO2S/c13-11-5-3-10(4-6-11)12(15)2-1-8-16-9-7-14/h3-6,14H,1-2,7-9H2. The summed E-state index contributed by atoms with van der Waals surface area (Å²) in [6.45, 7) is 0.214. The molecule has 0 bridgehead atoms. The predicted molar refractivity (Wildman–Crippen MR) is 72.1 cm³/mol. The van der Waals surface area contributed by atoms with E-state index in [1.807, 2.05) is 24.3 Å². The van der Waals surface area contributed by atoms with Gasteiger partial charge in [0.05, 0.1) is 6.61 Å². The molecule has 1 rings (SSSR count). The maximum atomic E-state index is 11.7. The molecule has 1 aromatic rings. The van der Waals surface area contributed by atoms with Crippen LogP contribution < -0.4 is 0 Å². The molecule has 4 heteroatoms. The lowest BCUT2D eigenvalue weighted by atomic mass is 10.1. The second-order valence-electron chi connectivity index (χ2n) is 3.37. The largest absolute Gasteiger partial charge is 0.396 e. The molecule has 0 heterocycles. The van der Waals surface area contributed by atoms with Crippen molar-refractivity contribution < 1.29 is 9.90 Å². The first-order chi connectivity index (χ1) is 7.74. The number of carbonyl (C=O) groups is 1. The van der Waals surface area contributed by atoms with Crippen LogP contribution in [0.4, 0.5) is 0 Å². The number of Topliss-reactive ketones (excluding diaryl/α,β-unsaturated/α-hetero) is 1. The first-order valence-corrected chi connectivity index (χ1v) is 7.16. The van der Waals surface area contributed by atoms with Crippen molar-refractivity contribution in [1.82, 2.24) is 0 Å². The maximum Gasteiger partial charge on any atom is 0.162 e. The minimum absolute atomic E-state index is 0.192. The molecule has 0 saturated heterocycles. The van der Waals surface area contributed by atoms with Gasteiger partial charge in [-0.15, -0.1) is 0 Å². The fourth-order valence-electron chi connectivity index (χ4n) is 1.28. The van der Waals surface area contributed by atoms with Crippen LogP contribution in [0.15, 0.2) is 28.7 Å². The van der Waals surface area contributed by atoms with E-state index in [1.165, 1.54) is 0 Å². The maximum absolute atomic E-state index is 11.7. The Bertz CT molecular complexity index is 324. The molecule has 1 N–H and O–H groups in total. The van der Waals surface area contributed by atoms with Gasteiger partial charge >= 0.3 is 0 Å². The molecule has 0 fully saturated rings. The minimum atomic E-state index is 0.192. The first-order valence-electron chi connectivity index (χ1n) is 5.21. The van der Waals surface area contributed by atoms with Crippen LogP contribution in [0, 0.1) is 0 Å². The number of hydrogen-bond donors (Lipinski definition) is 1. The van der Waals surface area contributed by atoms with Crippen LogP contribution in [0.5, 0.6) is 0 Å². The summed E-state index contributed by atoms with van der Waals surface area (Å²) in [6, 6.07) is 7.45. The molecule has 88 valence electrons. The predicted octanol–water partition coefficient (Wildman–Crippen LogP) is 3.14. The van der Waals surface area contributed by atoms with E-state index in [1.54, 1.807) is 11.8 Å². The average molecular weight is 303 g/mol. The third-order valence-corrected chi connectivity index (χ3v) is 3.67. The Balaban J connectivity index is 2.27. The zero-order valence-corrected chi connectivity index (χ0v) is 11.4. The Hall–Kier alpha value is -0.320. The molecule has 2 nitrogen and oxygen atoms in total. The Morgan fingerprint density at radius 1 is 1.25 bits per heavy atom. The molecule has 0 spiro atoms. The molecule has 0 saturated carbocycles. The fraction of sp³-hybridized carbons (Fsp3) is 0.417. The van der Waals surface area contributed by atoms with Crippen molar-refractivity contribution in [3.8, 4) is 0 Å². The van der Waals surface area contributed by atoms with Crippen LogP contribution >= 0.6 is 27.7 Å². The molecule has 1 aromatic carbocycles. The van der Waals surface area contributed by atoms with Gasteiger partial charge in [-0.2, -0.15) is 11.8 Å². The summed E-state index contributed by atoms with van der Waals surface area (Å²) in [5, 5.41) is 8.59. The molecule has 0 aliphatic heterocycles. The SMILES string of the molecule is O=C(CCCSCCO)c1ccc(Br)cc1. The Kier molecular flexibility index (Phi) is 6.76. The van der Waals surface area contributed by atoms with Crippen molar-refractivity contribution in [3.05, 3.63) is 34.3 Å². The smallest absolute Gasteiger partial charge is 0.162 e. The number of thioether (sulfide) groups is 1. The molecule has 16 heavy (non-hydrogen) atoms. The third-order valence-electron chi connectivity index (χ3n) is 2.09. The van der Waals surface area contributed by atoms with E-state index in [0.717, 1.165) is 28.0 Å². The van der Waals surface area contributed by atoms with Gasteiger partial charge in [0.1, 0.15) is 0 Å². The Morgan fingerprint density at radius 2 is 1.94 bits per heavy atom. The Morgan fingerprint density at radius 3 is 2.56 bits per heavy atom. The number of ketones is 1. The van der Waals surface area contributed by atoms with Crippen LogP contribution in [-0.4, -0.2) is 29.0 Å². The third kappa shape index (κ3) is 5.14. The summed E-state index contributed by atoms with van der Waals surface area (Å²) >= 11 is 5.02. The number of aliphatic hydroxyl groups is 1. The van der Waals surface area contributed by atoms with Gasteiger partial charge in [0.15, 0.2) is 5.78 Å². The molecule has 0 aromatic heterocycles. The summed E-state index contributed by atoms with van der Waals surface area (Å²) in [4.78, 5) is 11.7. The van der Waals surface area contributed by atoms with Crippen LogP contribution in [0.3, 0.4) is 0 Å². The highest BCUT2D eigenvalue weighted by molar-refractivity contribution is 9.10. The minimum Gasteiger partial charge on any atom is -0.396 e. The van der Waals surface area contributed by atoms with Crippen molar-refractivity contribution in [3.63, 3.8) is 0 Å². The van der Waals surface area contributed by atoms with Gasteiger partial charge < -0.3 is 5.11 Å². The highest BCUT2D eigenvalue weighted by atomic mass is 79.9. The van der Waals surface area contributed by atoms with Gasteiger partial charge in [0.2, 0.25) is 0 Å². The summed E-state index contributed by atoms with van der Waals surface area (Å²) in [5.41, 5.74) is 0.773. The number of aliphatic hydroxyl groups excluding tert-OH is 1. The molecular formula is C12H15BrO2S. The molecule has 0 amide bonds. The van der Waals surface area contributed by atoms with Gasteiger partial charge in [-0.25, -0.2) is 0 Å². The zero-order valence-electron chi connectivity index (χ0n) is 8.99. The number of hydrogen-bond acceptors (Lipinski definition) is 3. The quantitative estimate of drug-likeness (QED) is 0.621. The van der Waals surface area contributed by atoms with Crippen molar-refractivity contribution >= 4 is 33.5 Å². The van der Waals surface area contributed by atoms with Crippen LogP contribution in [0.1, 0.15) is 23.2 Å². The lowest BCUT2D eigenvalue weighted by molar-refractivity contribution is 0.0982. The van der Waals surface area contributed by atoms with Crippen molar-refractivity contribution in [2.24, 2.45) is 0 Å². The van der Waals surface area contributed by atoms with Gasteiger partial charge in [-0.05, 0) is 24.3 Å². The van der Waals surface area contributed by atoms with Crippen molar-refractivity contribution in [1.29, 1.82) is 0 Å².